The van der Waals surface area contributed by atoms with Crippen molar-refractivity contribution in [2.45, 2.75) is 37.1 Å². The number of aromatic nitrogens is 2. The molecule has 1 saturated heterocycles. The monoisotopic (exact) mass is 503 g/mol. The molecule has 1 fully saturated rings. The normalized spacial score (nSPS) is 19.0. The van der Waals surface area contributed by atoms with Gasteiger partial charge in [0.15, 0.2) is 5.82 Å². The van der Waals surface area contributed by atoms with E-state index in [0.29, 0.717) is 17.8 Å². The first-order valence-corrected chi connectivity index (χ1v) is 13.4. The molecular formula is C26H29N7O2S. The van der Waals surface area contributed by atoms with Crippen LogP contribution in [0.2, 0.25) is 0 Å². The molecule has 186 valence electrons. The third-order valence-corrected chi connectivity index (χ3v) is 8.50. The van der Waals surface area contributed by atoms with Crippen LogP contribution in [0.4, 0.5) is 23.1 Å². The first-order valence-electron chi connectivity index (χ1n) is 11.9. The summed E-state index contributed by atoms with van der Waals surface area (Å²) in [6, 6.07) is 16.7. The second-order valence-electron chi connectivity index (χ2n) is 9.91. The summed E-state index contributed by atoms with van der Waals surface area (Å²) in [6.45, 7) is 9.18. The van der Waals surface area contributed by atoms with Crippen LogP contribution in [-0.4, -0.2) is 50.6 Å². The number of benzene rings is 2. The van der Waals surface area contributed by atoms with Crippen molar-refractivity contribution in [2.24, 2.45) is 0 Å². The quantitative estimate of drug-likeness (QED) is 0.545. The molecule has 5 rings (SSSR count). The third kappa shape index (κ3) is 4.36. The van der Waals surface area contributed by atoms with E-state index in [-0.39, 0.29) is 17.0 Å². The van der Waals surface area contributed by atoms with Crippen molar-refractivity contribution in [3.05, 3.63) is 65.9 Å². The number of sulfonamides is 1. The number of nitrogens with zero attached hydrogens (tertiary/aromatic N) is 5. The third-order valence-electron chi connectivity index (χ3n) is 6.71. The molecule has 9 nitrogen and oxygen atoms in total. The van der Waals surface area contributed by atoms with Crippen LogP contribution < -0.4 is 19.8 Å². The van der Waals surface area contributed by atoms with Crippen LogP contribution in [0, 0.1) is 11.3 Å². The summed E-state index contributed by atoms with van der Waals surface area (Å²) in [5.41, 5.74) is 2.33. The largest absolute Gasteiger partial charge is 0.369 e. The molecule has 2 N–H and O–H groups in total. The lowest BCUT2D eigenvalue weighted by Crippen LogP contribution is -2.49. The van der Waals surface area contributed by atoms with E-state index in [9.17, 15) is 13.7 Å². The average molecular weight is 504 g/mol. The van der Waals surface area contributed by atoms with Gasteiger partial charge < -0.3 is 15.5 Å². The Balaban J connectivity index is 1.43. The lowest BCUT2D eigenvalue weighted by molar-refractivity contribution is 0.485. The first kappa shape index (κ1) is 24.0. The molecule has 0 aliphatic carbocycles. The molecule has 1 aromatic heterocycles. The molecule has 2 aliphatic rings. The maximum absolute atomic E-state index is 13.6. The lowest BCUT2D eigenvalue weighted by Gasteiger charge is -2.33. The van der Waals surface area contributed by atoms with Gasteiger partial charge in [0.05, 0.1) is 5.56 Å². The smallest absolute Gasteiger partial charge is 0.266 e. The van der Waals surface area contributed by atoms with Gasteiger partial charge in [-0.3, -0.25) is 0 Å². The summed E-state index contributed by atoms with van der Waals surface area (Å²) in [4.78, 5) is 11.4. The fourth-order valence-electron chi connectivity index (χ4n) is 4.77. The minimum absolute atomic E-state index is 0.0258. The zero-order chi connectivity index (χ0) is 25.5. The summed E-state index contributed by atoms with van der Waals surface area (Å²) in [6.07, 6.45) is 1.69. The van der Waals surface area contributed by atoms with Gasteiger partial charge >= 0.3 is 0 Å². The van der Waals surface area contributed by atoms with Gasteiger partial charge in [0.2, 0.25) is 5.95 Å². The highest BCUT2D eigenvalue weighted by atomic mass is 32.2. The minimum atomic E-state index is -4.00. The van der Waals surface area contributed by atoms with E-state index in [1.807, 2.05) is 32.0 Å². The van der Waals surface area contributed by atoms with Crippen molar-refractivity contribution in [1.29, 1.82) is 5.26 Å². The fraction of sp³-hybridized carbons (Fsp3) is 0.346. The summed E-state index contributed by atoms with van der Waals surface area (Å²) in [5.74, 6) is 0.639. The van der Waals surface area contributed by atoms with Crippen LogP contribution in [0.1, 0.15) is 31.9 Å². The van der Waals surface area contributed by atoms with Gasteiger partial charge in [0.1, 0.15) is 11.0 Å². The van der Waals surface area contributed by atoms with E-state index in [0.717, 1.165) is 36.6 Å². The summed E-state index contributed by atoms with van der Waals surface area (Å²) in [7, 11) is -4.00. The van der Waals surface area contributed by atoms with Crippen LogP contribution in [0.15, 0.2) is 59.6 Å². The van der Waals surface area contributed by atoms with E-state index in [4.69, 9.17) is 0 Å². The van der Waals surface area contributed by atoms with Crippen LogP contribution in [0.5, 0.6) is 0 Å². The Morgan fingerprint density at radius 1 is 1.17 bits per heavy atom. The van der Waals surface area contributed by atoms with Gasteiger partial charge in [-0.1, -0.05) is 26.0 Å². The molecular weight excluding hydrogens is 474 g/mol. The summed E-state index contributed by atoms with van der Waals surface area (Å²) < 4.78 is 28.6. The number of nitriles is 1. The van der Waals surface area contributed by atoms with Gasteiger partial charge in [0.25, 0.3) is 10.0 Å². The van der Waals surface area contributed by atoms with Crippen molar-refractivity contribution < 1.29 is 8.42 Å². The highest BCUT2D eigenvalue weighted by molar-refractivity contribution is 7.93. The number of fused-ring (bicyclic) bond motifs is 1. The zero-order valence-corrected chi connectivity index (χ0v) is 21.4. The molecule has 2 aromatic carbocycles. The number of nitrogens with one attached hydrogen (secondary N) is 2. The van der Waals surface area contributed by atoms with E-state index in [2.05, 4.69) is 44.6 Å². The molecule has 36 heavy (non-hydrogen) atoms. The van der Waals surface area contributed by atoms with E-state index in [1.54, 1.807) is 18.3 Å². The lowest BCUT2D eigenvalue weighted by atomic mass is 9.89. The predicted molar refractivity (Wildman–Crippen MR) is 140 cm³/mol. The Hall–Kier alpha value is -3.68. The molecule has 3 heterocycles. The maximum Gasteiger partial charge on any atom is 0.266 e. The molecule has 0 bridgehead atoms. The Bertz CT molecular complexity index is 1430. The molecule has 1 atom stereocenters. The Labute approximate surface area is 211 Å². The fourth-order valence-corrected chi connectivity index (χ4v) is 6.51. The molecule has 10 heteroatoms. The van der Waals surface area contributed by atoms with E-state index < -0.39 is 15.4 Å². The van der Waals surface area contributed by atoms with Crippen molar-refractivity contribution in [2.75, 3.05) is 40.7 Å². The second-order valence-corrected chi connectivity index (χ2v) is 11.7. The summed E-state index contributed by atoms with van der Waals surface area (Å²) >= 11 is 0. The van der Waals surface area contributed by atoms with Crippen LogP contribution >= 0.6 is 0 Å². The van der Waals surface area contributed by atoms with E-state index in [1.165, 1.54) is 16.4 Å². The number of hydrogen-bond donors (Lipinski definition) is 2. The van der Waals surface area contributed by atoms with Crippen molar-refractivity contribution >= 4 is 33.2 Å². The standard InChI is InChI=1S/C26H29N7O2S/c1-18-16-32(13-12-28-18)21-10-8-20(9-11-21)30-25-29-15-22-24(31-25)33(17-26(22,2)3)36(34,35)23-7-5-4-6-19(23)14-27/h4-11,15,18,28H,12-13,16-17H2,1-3H3,(H,29,30,31). The predicted octanol–water partition coefficient (Wildman–Crippen LogP) is 3.38. The topological polar surface area (TPSA) is 114 Å². The SMILES string of the molecule is CC1CN(c2ccc(Nc3ncc4c(n3)N(S(=O)(=O)c3ccccc3C#N)CC4(C)C)cc2)CCN1. The number of rotatable bonds is 5. The van der Waals surface area contributed by atoms with Gasteiger partial charge in [-0.2, -0.15) is 10.2 Å². The van der Waals surface area contributed by atoms with E-state index >= 15 is 0 Å². The number of piperazine rings is 1. The Morgan fingerprint density at radius 3 is 2.64 bits per heavy atom. The summed E-state index contributed by atoms with van der Waals surface area (Å²) in [5, 5.41) is 16.1. The van der Waals surface area contributed by atoms with Crippen LogP contribution in [0.3, 0.4) is 0 Å². The maximum atomic E-state index is 13.6. The Morgan fingerprint density at radius 2 is 1.92 bits per heavy atom. The van der Waals surface area contributed by atoms with Crippen molar-refractivity contribution in [3.63, 3.8) is 0 Å². The van der Waals surface area contributed by atoms with Crippen LogP contribution in [0.25, 0.3) is 0 Å². The Kier molecular flexibility index (Phi) is 6.06. The van der Waals surface area contributed by atoms with Crippen molar-refractivity contribution in [3.8, 4) is 6.07 Å². The molecule has 0 spiro atoms. The average Bonchev–Trinajstić information content (AvgIpc) is 3.15. The first-order chi connectivity index (χ1) is 17.2. The molecule has 0 amide bonds. The number of anilines is 4. The minimum Gasteiger partial charge on any atom is -0.369 e. The molecule has 3 aromatic rings. The van der Waals surface area contributed by atoms with Crippen LogP contribution in [-0.2, 0) is 15.4 Å². The molecule has 2 aliphatic heterocycles. The second kappa shape index (κ2) is 9.08. The van der Waals surface area contributed by atoms with Gasteiger partial charge in [-0.25, -0.2) is 17.7 Å². The van der Waals surface area contributed by atoms with Gasteiger partial charge in [-0.15, -0.1) is 0 Å². The molecule has 1 unspecified atom stereocenters. The van der Waals surface area contributed by atoms with Crippen molar-refractivity contribution in [1.82, 2.24) is 15.3 Å². The highest BCUT2D eigenvalue weighted by Gasteiger charge is 2.43. The van der Waals surface area contributed by atoms with Gasteiger partial charge in [-0.05, 0) is 43.3 Å². The molecule has 0 saturated carbocycles. The van der Waals surface area contributed by atoms with Gasteiger partial charge in [0, 0.05) is 60.8 Å². The highest BCUT2D eigenvalue weighted by Crippen LogP contribution is 2.42. The number of hydrogen-bond acceptors (Lipinski definition) is 8. The zero-order valence-electron chi connectivity index (χ0n) is 20.6. The molecule has 0 radical (unpaired) electrons.